The highest BCUT2D eigenvalue weighted by molar-refractivity contribution is 7.22. The Morgan fingerprint density at radius 2 is 2.05 bits per heavy atom. The van der Waals surface area contributed by atoms with Crippen molar-refractivity contribution in [2.75, 3.05) is 18.0 Å². The smallest absolute Gasteiger partial charge is 0.335 e. The maximum Gasteiger partial charge on any atom is 0.335 e. The number of halogens is 1. The Bertz CT molecular complexity index is 718. The summed E-state index contributed by atoms with van der Waals surface area (Å²) in [5.74, 6) is -0.166. The van der Waals surface area contributed by atoms with Crippen LogP contribution in [0.15, 0.2) is 12.1 Å². The third kappa shape index (κ3) is 2.09. The lowest BCUT2D eigenvalue weighted by atomic mass is 10.0. The molecule has 110 valence electrons. The SMILES string of the molecule is O=C(O)c1cc(F)c2nc(N3C[C@H]4CCC[C@H]4C3)sc2c1. The van der Waals surface area contributed by atoms with E-state index in [1.54, 1.807) is 0 Å². The molecule has 0 radical (unpaired) electrons. The first-order valence-electron chi connectivity index (χ1n) is 7.20. The van der Waals surface area contributed by atoms with Crippen LogP contribution in [0.25, 0.3) is 10.2 Å². The van der Waals surface area contributed by atoms with E-state index in [-0.39, 0.29) is 11.1 Å². The van der Waals surface area contributed by atoms with Gasteiger partial charge in [-0.3, -0.25) is 0 Å². The Balaban J connectivity index is 1.71. The molecule has 1 saturated carbocycles. The molecular weight excluding hydrogens is 291 g/mol. The van der Waals surface area contributed by atoms with Crippen molar-refractivity contribution in [3.05, 3.63) is 23.5 Å². The molecule has 0 spiro atoms. The van der Waals surface area contributed by atoms with Crippen molar-refractivity contribution in [2.45, 2.75) is 19.3 Å². The van der Waals surface area contributed by atoms with Crippen molar-refractivity contribution >= 4 is 32.7 Å². The summed E-state index contributed by atoms with van der Waals surface area (Å²) in [5, 5.41) is 9.82. The zero-order chi connectivity index (χ0) is 14.6. The second-order valence-corrected chi connectivity index (χ2v) is 6.97. The molecule has 1 aromatic heterocycles. The van der Waals surface area contributed by atoms with Crippen LogP contribution in [0.4, 0.5) is 9.52 Å². The van der Waals surface area contributed by atoms with Gasteiger partial charge in [-0.15, -0.1) is 0 Å². The third-order valence-electron chi connectivity index (χ3n) is 4.68. The highest BCUT2D eigenvalue weighted by Gasteiger charge is 2.37. The molecular formula is C15H15FN2O2S. The zero-order valence-corrected chi connectivity index (χ0v) is 12.2. The fourth-order valence-electron chi connectivity index (χ4n) is 3.63. The molecule has 1 N–H and O–H groups in total. The van der Waals surface area contributed by atoms with Crippen LogP contribution in [-0.2, 0) is 0 Å². The van der Waals surface area contributed by atoms with E-state index in [1.807, 2.05) is 0 Å². The van der Waals surface area contributed by atoms with Gasteiger partial charge in [0, 0.05) is 13.1 Å². The van der Waals surface area contributed by atoms with Crippen molar-refractivity contribution in [3.8, 4) is 0 Å². The highest BCUT2D eigenvalue weighted by Crippen LogP contribution is 2.41. The number of hydrogen-bond donors (Lipinski definition) is 1. The van der Waals surface area contributed by atoms with Crippen molar-refractivity contribution < 1.29 is 14.3 Å². The average Bonchev–Trinajstić information content (AvgIpc) is 3.10. The van der Waals surface area contributed by atoms with Crippen LogP contribution >= 0.6 is 11.3 Å². The number of aromatic carboxylic acids is 1. The summed E-state index contributed by atoms with van der Waals surface area (Å²) in [6, 6.07) is 2.56. The van der Waals surface area contributed by atoms with Gasteiger partial charge in [-0.2, -0.15) is 0 Å². The molecule has 4 rings (SSSR count). The van der Waals surface area contributed by atoms with Crippen molar-refractivity contribution in [3.63, 3.8) is 0 Å². The number of anilines is 1. The van der Waals surface area contributed by atoms with Crippen LogP contribution in [0.5, 0.6) is 0 Å². The van der Waals surface area contributed by atoms with Gasteiger partial charge in [0.05, 0.1) is 10.3 Å². The summed E-state index contributed by atoms with van der Waals surface area (Å²) < 4.78 is 14.6. The predicted molar refractivity (Wildman–Crippen MR) is 79.6 cm³/mol. The third-order valence-corrected chi connectivity index (χ3v) is 5.74. The first-order chi connectivity index (χ1) is 10.1. The number of carboxylic acids is 1. The van der Waals surface area contributed by atoms with Gasteiger partial charge in [0.2, 0.25) is 0 Å². The Morgan fingerprint density at radius 1 is 1.33 bits per heavy atom. The van der Waals surface area contributed by atoms with Crippen molar-refractivity contribution in [2.24, 2.45) is 11.8 Å². The maximum atomic E-state index is 14.0. The normalized spacial score (nSPS) is 24.7. The summed E-state index contributed by atoms with van der Waals surface area (Å²) in [7, 11) is 0. The van der Waals surface area contributed by atoms with Crippen LogP contribution in [0.2, 0.25) is 0 Å². The molecule has 1 aliphatic heterocycles. The second-order valence-electron chi connectivity index (χ2n) is 5.96. The minimum absolute atomic E-state index is 0.0199. The van der Waals surface area contributed by atoms with E-state index in [0.29, 0.717) is 4.70 Å². The predicted octanol–water partition coefficient (Wildman–Crippen LogP) is 3.37. The van der Waals surface area contributed by atoms with Crippen LogP contribution in [0.3, 0.4) is 0 Å². The quantitative estimate of drug-likeness (QED) is 0.924. The number of carboxylic acid groups (broad SMARTS) is 1. The van der Waals surface area contributed by atoms with Gasteiger partial charge in [-0.25, -0.2) is 14.2 Å². The monoisotopic (exact) mass is 306 g/mol. The van der Waals surface area contributed by atoms with Gasteiger partial charge in [-0.1, -0.05) is 17.8 Å². The molecule has 1 saturated heterocycles. The van der Waals surface area contributed by atoms with E-state index in [1.165, 1.54) is 36.7 Å². The van der Waals surface area contributed by atoms with Crippen LogP contribution in [0, 0.1) is 17.7 Å². The lowest BCUT2D eigenvalue weighted by Crippen LogP contribution is -2.20. The van der Waals surface area contributed by atoms with Gasteiger partial charge >= 0.3 is 5.97 Å². The van der Waals surface area contributed by atoms with Gasteiger partial charge in [0.25, 0.3) is 0 Å². The van der Waals surface area contributed by atoms with Gasteiger partial charge < -0.3 is 10.0 Å². The summed E-state index contributed by atoms with van der Waals surface area (Å²) in [4.78, 5) is 17.6. The molecule has 0 amide bonds. The molecule has 21 heavy (non-hydrogen) atoms. The Hall–Kier alpha value is -1.69. The number of rotatable bonds is 2. The lowest BCUT2D eigenvalue weighted by Gasteiger charge is -2.15. The Morgan fingerprint density at radius 3 is 2.71 bits per heavy atom. The molecule has 2 aliphatic rings. The molecule has 2 atom stereocenters. The molecule has 6 heteroatoms. The van der Waals surface area contributed by atoms with Crippen molar-refractivity contribution in [1.82, 2.24) is 4.98 Å². The number of thiazole rings is 1. The van der Waals surface area contributed by atoms with E-state index >= 15 is 0 Å². The lowest BCUT2D eigenvalue weighted by molar-refractivity contribution is 0.0696. The zero-order valence-electron chi connectivity index (χ0n) is 11.4. The molecule has 4 nitrogen and oxygen atoms in total. The number of nitrogens with zero attached hydrogens (tertiary/aromatic N) is 2. The van der Waals surface area contributed by atoms with E-state index in [0.717, 1.165) is 36.1 Å². The maximum absolute atomic E-state index is 14.0. The standard InChI is InChI=1S/C15H15FN2O2S/c16-11-4-10(14(19)20)5-12-13(11)17-15(21-12)18-6-8-2-1-3-9(8)7-18/h4-5,8-9H,1-3,6-7H2,(H,19,20)/t8-,9+. The van der Waals surface area contributed by atoms with Gasteiger partial charge in [-0.05, 0) is 36.8 Å². The average molecular weight is 306 g/mol. The number of fused-ring (bicyclic) bond motifs is 2. The molecule has 0 bridgehead atoms. The summed E-state index contributed by atoms with van der Waals surface area (Å²) in [5.41, 5.74) is 0.269. The molecule has 2 aromatic rings. The summed E-state index contributed by atoms with van der Waals surface area (Å²) >= 11 is 1.39. The molecule has 2 heterocycles. The van der Waals surface area contributed by atoms with E-state index in [9.17, 15) is 9.18 Å². The first kappa shape index (κ1) is 13.0. The number of carbonyl (C=O) groups is 1. The second kappa shape index (κ2) is 4.66. The van der Waals surface area contributed by atoms with Crippen LogP contribution < -0.4 is 4.90 Å². The van der Waals surface area contributed by atoms with E-state index in [2.05, 4.69) is 9.88 Å². The molecule has 1 aromatic carbocycles. The fraction of sp³-hybridized carbons (Fsp3) is 0.467. The van der Waals surface area contributed by atoms with Gasteiger partial charge in [0.1, 0.15) is 5.52 Å². The van der Waals surface area contributed by atoms with Gasteiger partial charge in [0.15, 0.2) is 10.9 Å². The minimum Gasteiger partial charge on any atom is -0.478 e. The number of hydrogen-bond acceptors (Lipinski definition) is 4. The summed E-state index contributed by atoms with van der Waals surface area (Å²) in [6.45, 7) is 2.00. The Labute approximate surface area is 125 Å². The van der Waals surface area contributed by atoms with E-state index in [4.69, 9.17) is 5.11 Å². The van der Waals surface area contributed by atoms with Crippen molar-refractivity contribution in [1.29, 1.82) is 0 Å². The molecule has 2 fully saturated rings. The molecule has 1 aliphatic carbocycles. The van der Waals surface area contributed by atoms with E-state index < -0.39 is 11.8 Å². The first-order valence-corrected chi connectivity index (χ1v) is 8.02. The highest BCUT2D eigenvalue weighted by atomic mass is 32.1. The fourth-order valence-corrected chi connectivity index (χ4v) is 4.66. The topological polar surface area (TPSA) is 53.4 Å². The summed E-state index contributed by atoms with van der Waals surface area (Å²) in [6.07, 6.45) is 3.88. The Kier molecular flexibility index (Phi) is 2.89. The minimum atomic E-state index is -1.11. The van der Waals surface area contributed by atoms with Crippen LogP contribution in [-0.4, -0.2) is 29.1 Å². The number of benzene rings is 1. The number of aromatic nitrogens is 1. The molecule has 0 unspecified atom stereocenters. The largest absolute Gasteiger partial charge is 0.478 e. The van der Waals surface area contributed by atoms with Crippen LogP contribution in [0.1, 0.15) is 29.6 Å².